The van der Waals surface area contributed by atoms with E-state index in [0.29, 0.717) is 0 Å². The summed E-state index contributed by atoms with van der Waals surface area (Å²) in [5, 5.41) is 0. The predicted octanol–water partition coefficient (Wildman–Crippen LogP) is 1.36. The number of aryl methyl sites for hydroxylation is 1. The average molecular weight is 300 g/mol. The van der Waals surface area contributed by atoms with Crippen LogP contribution in [0.25, 0.3) is 0 Å². The van der Waals surface area contributed by atoms with Crippen molar-refractivity contribution in [2.24, 2.45) is 5.92 Å². The van der Waals surface area contributed by atoms with Gasteiger partial charge in [0, 0.05) is 6.42 Å². The molecule has 7 heteroatoms. The minimum atomic E-state index is -3.86. The molecule has 0 aliphatic rings. The average Bonchev–Trinajstić information content (AvgIpc) is 2.36. The van der Waals surface area contributed by atoms with Crippen LogP contribution < -0.4 is 15.0 Å². The Morgan fingerprint density at radius 3 is 2.55 bits per heavy atom. The minimum Gasteiger partial charge on any atom is -0.495 e. The number of rotatable bonds is 6. The van der Waals surface area contributed by atoms with E-state index in [1.807, 2.05) is 13.8 Å². The summed E-state index contributed by atoms with van der Waals surface area (Å²) >= 11 is 0. The van der Waals surface area contributed by atoms with Crippen LogP contribution in [0.15, 0.2) is 23.1 Å². The Kier molecular flexibility index (Phi) is 5.52. The lowest BCUT2D eigenvalue weighted by Gasteiger charge is -2.12. The number of ether oxygens (including phenoxy) is 1. The van der Waals surface area contributed by atoms with Crippen LogP contribution in [0.5, 0.6) is 5.75 Å². The third-order valence-corrected chi connectivity index (χ3v) is 3.80. The van der Waals surface area contributed by atoms with E-state index in [1.54, 1.807) is 19.1 Å². The molecular weight excluding hydrogens is 280 g/mol. The fraction of sp³-hybridized carbons (Fsp3) is 0.462. The molecule has 0 unspecified atom stereocenters. The van der Waals surface area contributed by atoms with Crippen molar-refractivity contribution in [3.8, 4) is 5.75 Å². The molecule has 1 rings (SSSR count). The summed E-state index contributed by atoms with van der Waals surface area (Å²) in [6.07, 6.45) is 0.244. The Hall–Kier alpha value is -1.60. The van der Waals surface area contributed by atoms with Crippen molar-refractivity contribution < 1.29 is 17.9 Å². The Balaban J connectivity index is 2.89. The van der Waals surface area contributed by atoms with Gasteiger partial charge in [0.15, 0.2) is 0 Å². The van der Waals surface area contributed by atoms with Crippen molar-refractivity contribution >= 4 is 15.9 Å². The van der Waals surface area contributed by atoms with E-state index >= 15 is 0 Å². The predicted molar refractivity (Wildman–Crippen MR) is 75.7 cm³/mol. The molecule has 1 aromatic rings. The first kappa shape index (κ1) is 16.5. The minimum absolute atomic E-state index is 0.00940. The number of amides is 1. The summed E-state index contributed by atoms with van der Waals surface area (Å²) in [7, 11) is -2.47. The van der Waals surface area contributed by atoms with E-state index in [1.165, 1.54) is 13.2 Å². The van der Waals surface area contributed by atoms with Crippen LogP contribution in [0, 0.1) is 12.8 Å². The molecule has 2 N–H and O–H groups in total. The van der Waals surface area contributed by atoms with Crippen LogP contribution in [0.2, 0.25) is 0 Å². The van der Waals surface area contributed by atoms with Gasteiger partial charge in [-0.3, -0.25) is 10.2 Å². The molecule has 0 fully saturated rings. The van der Waals surface area contributed by atoms with Gasteiger partial charge in [-0.05, 0) is 30.5 Å². The maximum absolute atomic E-state index is 12.1. The van der Waals surface area contributed by atoms with E-state index in [-0.39, 0.29) is 28.9 Å². The van der Waals surface area contributed by atoms with Gasteiger partial charge >= 0.3 is 0 Å². The highest BCUT2D eigenvalue weighted by atomic mass is 32.2. The molecule has 0 heterocycles. The molecule has 6 nitrogen and oxygen atoms in total. The summed E-state index contributed by atoms with van der Waals surface area (Å²) in [5.41, 5.74) is 2.97. The lowest BCUT2D eigenvalue weighted by Crippen LogP contribution is -2.42. The first-order valence-corrected chi connectivity index (χ1v) is 7.70. The number of carbonyl (C=O) groups excluding carboxylic acids is 1. The molecule has 112 valence electrons. The lowest BCUT2D eigenvalue weighted by molar-refractivity contribution is -0.122. The highest BCUT2D eigenvalue weighted by Crippen LogP contribution is 2.24. The van der Waals surface area contributed by atoms with E-state index in [2.05, 4.69) is 10.3 Å². The van der Waals surface area contributed by atoms with Gasteiger partial charge in [0.2, 0.25) is 5.91 Å². The Morgan fingerprint density at radius 1 is 1.35 bits per heavy atom. The number of methoxy groups -OCH3 is 1. The summed E-state index contributed by atoms with van der Waals surface area (Å²) in [5.74, 6) is -0.00980. The summed E-state index contributed by atoms with van der Waals surface area (Å²) in [6, 6.07) is 4.80. The van der Waals surface area contributed by atoms with Gasteiger partial charge in [-0.1, -0.05) is 19.9 Å². The first-order valence-electron chi connectivity index (χ1n) is 6.21. The zero-order chi connectivity index (χ0) is 15.3. The fourth-order valence-corrected chi connectivity index (χ4v) is 2.71. The van der Waals surface area contributed by atoms with E-state index in [4.69, 9.17) is 4.74 Å². The zero-order valence-corrected chi connectivity index (χ0v) is 12.9. The van der Waals surface area contributed by atoms with Crippen molar-refractivity contribution in [3.63, 3.8) is 0 Å². The SMILES string of the molecule is COc1ccc(C)cc1S(=O)(=O)NNC(=O)CC(C)C. The molecule has 0 aliphatic carbocycles. The molecular formula is C13H20N2O4S. The second-order valence-corrected chi connectivity index (χ2v) is 6.56. The normalized spacial score (nSPS) is 11.4. The van der Waals surface area contributed by atoms with E-state index < -0.39 is 10.0 Å². The summed E-state index contributed by atoms with van der Waals surface area (Å²) < 4.78 is 29.3. The topological polar surface area (TPSA) is 84.5 Å². The smallest absolute Gasteiger partial charge is 0.261 e. The van der Waals surface area contributed by atoms with Crippen molar-refractivity contribution in [2.45, 2.75) is 32.1 Å². The van der Waals surface area contributed by atoms with E-state index in [9.17, 15) is 13.2 Å². The van der Waals surface area contributed by atoms with Crippen molar-refractivity contribution in [1.82, 2.24) is 10.3 Å². The Labute approximate surface area is 119 Å². The van der Waals surface area contributed by atoms with Crippen molar-refractivity contribution in [3.05, 3.63) is 23.8 Å². The quantitative estimate of drug-likeness (QED) is 0.777. The van der Waals surface area contributed by atoms with Gasteiger partial charge in [-0.15, -0.1) is 4.83 Å². The van der Waals surface area contributed by atoms with Gasteiger partial charge in [0.05, 0.1) is 7.11 Å². The monoisotopic (exact) mass is 300 g/mol. The number of carbonyl (C=O) groups is 1. The number of hydrazine groups is 1. The molecule has 0 atom stereocenters. The van der Waals surface area contributed by atoms with Gasteiger partial charge in [0.25, 0.3) is 10.0 Å². The third kappa shape index (κ3) is 4.50. The van der Waals surface area contributed by atoms with Gasteiger partial charge in [-0.2, -0.15) is 0 Å². The van der Waals surface area contributed by atoms with Crippen LogP contribution in [-0.2, 0) is 14.8 Å². The Morgan fingerprint density at radius 2 is 2.00 bits per heavy atom. The molecule has 0 aliphatic heterocycles. The molecule has 0 saturated heterocycles. The number of nitrogens with one attached hydrogen (secondary N) is 2. The van der Waals surface area contributed by atoms with E-state index in [0.717, 1.165) is 5.56 Å². The van der Waals surface area contributed by atoms with Crippen LogP contribution >= 0.6 is 0 Å². The van der Waals surface area contributed by atoms with Crippen molar-refractivity contribution in [1.29, 1.82) is 0 Å². The molecule has 0 bridgehead atoms. The zero-order valence-electron chi connectivity index (χ0n) is 12.1. The molecule has 0 aromatic heterocycles. The first-order chi connectivity index (χ1) is 9.26. The summed E-state index contributed by atoms with van der Waals surface area (Å²) in [4.78, 5) is 13.5. The van der Waals surface area contributed by atoms with Crippen LogP contribution in [0.4, 0.5) is 0 Å². The fourth-order valence-electron chi connectivity index (χ4n) is 1.59. The molecule has 20 heavy (non-hydrogen) atoms. The molecule has 1 amide bonds. The van der Waals surface area contributed by atoms with Gasteiger partial charge in [-0.25, -0.2) is 8.42 Å². The number of hydrogen-bond acceptors (Lipinski definition) is 4. The summed E-state index contributed by atoms with van der Waals surface area (Å²) in [6.45, 7) is 5.52. The lowest BCUT2D eigenvalue weighted by atomic mass is 10.1. The van der Waals surface area contributed by atoms with Gasteiger partial charge < -0.3 is 4.74 Å². The van der Waals surface area contributed by atoms with Crippen LogP contribution in [0.1, 0.15) is 25.8 Å². The maximum Gasteiger partial charge on any atom is 0.261 e. The molecule has 0 saturated carbocycles. The number of hydrogen-bond donors (Lipinski definition) is 2. The van der Waals surface area contributed by atoms with Crippen LogP contribution in [-0.4, -0.2) is 21.4 Å². The van der Waals surface area contributed by atoms with Crippen molar-refractivity contribution in [2.75, 3.05) is 7.11 Å². The largest absolute Gasteiger partial charge is 0.495 e. The number of benzene rings is 1. The standard InChI is InChI=1S/C13H20N2O4S/c1-9(2)7-13(16)14-15-20(17,18)12-8-10(3)5-6-11(12)19-4/h5-6,8-9,15H,7H2,1-4H3,(H,14,16). The van der Waals surface area contributed by atoms with Crippen LogP contribution in [0.3, 0.4) is 0 Å². The highest BCUT2D eigenvalue weighted by molar-refractivity contribution is 7.89. The third-order valence-electron chi connectivity index (χ3n) is 2.53. The highest BCUT2D eigenvalue weighted by Gasteiger charge is 2.20. The maximum atomic E-state index is 12.1. The molecule has 1 aromatic carbocycles. The molecule has 0 radical (unpaired) electrons. The molecule has 0 spiro atoms. The second kappa shape index (κ2) is 6.71. The number of sulfonamides is 1. The van der Waals surface area contributed by atoms with Gasteiger partial charge in [0.1, 0.15) is 10.6 Å². The second-order valence-electron chi connectivity index (χ2n) is 4.91. The Bertz CT molecular complexity index is 582.